The maximum absolute atomic E-state index is 9.39. The maximum Gasteiger partial charge on any atom is 0.331 e. The van der Waals surface area contributed by atoms with E-state index in [1.54, 1.807) is 0 Å². The zero-order valence-corrected chi connectivity index (χ0v) is 7.68. The molecule has 14 heavy (non-hydrogen) atoms. The van der Waals surface area contributed by atoms with Crippen LogP contribution < -0.4 is 28.4 Å². The van der Waals surface area contributed by atoms with Crippen LogP contribution in [0.5, 0.6) is 0 Å². The molecule has 86 valence electrons. The molecule has 0 saturated carbocycles. The molecule has 0 aromatic heterocycles. The minimum atomic E-state index is -2.19. The molecule has 0 aromatic carbocycles. The maximum atomic E-state index is 9.39. The van der Waals surface area contributed by atoms with Crippen LogP contribution in [0.3, 0.4) is 0 Å². The first-order chi connectivity index (χ1) is 5.41. The smallest absolute Gasteiger partial charge is 0.331 e. The van der Waals surface area contributed by atoms with Crippen molar-refractivity contribution < 1.29 is 34.5 Å². The van der Waals surface area contributed by atoms with E-state index in [0.717, 1.165) is 0 Å². The van der Waals surface area contributed by atoms with Crippen LogP contribution in [-0.2, 0) is 19.2 Å². The van der Waals surface area contributed by atoms with E-state index in [1.807, 2.05) is 0 Å². The van der Waals surface area contributed by atoms with E-state index in [2.05, 4.69) is 10.7 Å². The van der Waals surface area contributed by atoms with E-state index in [9.17, 15) is 4.79 Å². The molecule has 0 radical (unpaired) electrons. The zero-order chi connectivity index (χ0) is 10.1. The predicted octanol–water partition coefficient (Wildman–Crippen LogP) is -3.80. The topological polar surface area (TPSA) is 226 Å². The summed E-state index contributed by atoms with van der Waals surface area (Å²) in [5.41, 5.74) is 0. The predicted molar refractivity (Wildman–Crippen MR) is 39.8 cm³/mol. The highest BCUT2D eigenvalue weighted by molar-refractivity contribution is 6.25. The van der Waals surface area contributed by atoms with Crippen molar-refractivity contribution in [1.82, 2.24) is 12.3 Å². The molecule has 0 aliphatic carbocycles. The molecule has 0 rings (SSSR count). The number of hydrogen-bond acceptors (Lipinski definition) is 7. The van der Waals surface area contributed by atoms with Crippen LogP contribution in [0.15, 0.2) is 0 Å². The number of carbonyl (C=O) groups is 3. The van der Waals surface area contributed by atoms with Gasteiger partial charge in [-0.25, -0.2) is 10.7 Å². The Labute approximate surface area is 78.4 Å². The summed E-state index contributed by atoms with van der Waals surface area (Å²) in [7, 11) is 0. The van der Waals surface area contributed by atoms with E-state index < -0.39 is 24.5 Å². The summed E-state index contributed by atoms with van der Waals surface area (Å²) < 4.78 is 0. The number of nitrogens with two attached hydrogens (primary N) is 1. The summed E-state index contributed by atoms with van der Waals surface area (Å²) in [4.78, 5) is 30.9. The Balaban J connectivity index is -0.0000000625. The zero-order valence-electron chi connectivity index (χ0n) is 7.68. The van der Waals surface area contributed by atoms with Crippen molar-refractivity contribution in [1.29, 1.82) is 0 Å². The Morgan fingerprint density at radius 1 is 1.14 bits per heavy atom. The fraction of sp³-hybridized carbons (Fsp3) is 0.250. The second-order valence-corrected chi connectivity index (χ2v) is 1.28. The van der Waals surface area contributed by atoms with Crippen molar-refractivity contribution in [2.45, 2.75) is 0 Å². The molecule has 10 heteroatoms. The summed E-state index contributed by atoms with van der Waals surface area (Å²) >= 11 is 0. The fourth-order valence-corrected chi connectivity index (χ4v) is 0.0713. The van der Waals surface area contributed by atoms with Gasteiger partial charge in [0.1, 0.15) is 0 Å². The number of hydrogen-bond donors (Lipinski definition) is 4. The van der Waals surface area contributed by atoms with E-state index in [-0.39, 0.29) is 12.3 Å². The number of rotatable bonds is 2. The lowest BCUT2D eigenvalue weighted by molar-refractivity contribution is -0.345. The van der Waals surface area contributed by atoms with E-state index in [1.165, 1.54) is 0 Å². The molecule has 0 saturated heterocycles. The Bertz CT molecular complexity index is 170. The molecule has 0 amide bonds. The second-order valence-electron chi connectivity index (χ2n) is 1.28. The third kappa shape index (κ3) is 31.8. The van der Waals surface area contributed by atoms with E-state index in [4.69, 9.17) is 24.9 Å². The largest absolute Gasteiger partial charge is 0.543 e. The van der Waals surface area contributed by atoms with Gasteiger partial charge in [-0.3, -0.25) is 4.84 Å². The lowest BCUT2D eigenvalue weighted by Gasteiger charge is -1.97. The molecule has 0 unspecified atom stereocenters. The van der Waals surface area contributed by atoms with Gasteiger partial charge in [0, 0.05) is 0 Å². The molecule has 0 aromatic rings. The average Bonchev–Trinajstić information content (AvgIpc) is 1.87. The summed E-state index contributed by atoms with van der Waals surface area (Å²) in [6.45, 7) is -0.431. The fourth-order valence-electron chi connectivity index (χ4n) is 0.0713. The van der Waals surface area contributed by atoms with Gasteiger partial charge < -0.3 is 37.2 Å². The van der Waals surface area contributed by atoms with Crippen molar-refractivity contribution in [2.24, 2.45) is 5.90 Å². The first kappa shape index (κ1) is 22.8. The third-order valence-corrected chi connectivity index (χ3v) is 0.373. The van der Waals surface area contributed by atoms with Crippen molar-refractivity contribution in [3.05, 3.63) is 0 Å². The van der Waals surface area contributed by atoms with Crippen molar-refractivity contribution in [3.63, 3.8) is 0 Å². The number of aliphatic carboxylic acids is 3. The lowest BCUT2D eigenvalue weighted by atomic mass is 10.7. The van der Waals surface area contributed by atoms with Gasteiger partial charge in [-0.2, -0.15) is 0 Å². The lowest BCUT2D eigenvalue weighted by Crippen LogP contribution is -2.42. The number of carboxylic acids is 3. The minimum Gasteiger partial charge on any atom is -0.543 e. The second kappa shape index (κ2) is 13.8. The number of quaternary nitrogens is 2. The summed E-state index contributed by atoms with van der Waals surface area (Å²) in [5, 5.41) is 25.6. The van der Waals surface area contributed by atoms with Gasteiger partial charge in [0.15, 0.2) is 6.61 Å². The molecule has 0 spiro atoms. The monoisotopic (exact) mass is 215 g/mol. The molecular formula is C4H13N3O7. The Hall–Kier alpha value is -1.75. The SMILES string of the molecule is NOCC(=O)O.O=C([O-])C(=O)[O-].[NH4+].[NH4+]. The third-order valence-electron chi connectivity index (χ3n) is 0.373. The highest BCUT2D eigenvalue weighted by Crippen LogP contribution is 1.57. The van der Waals surface area contributed by atoms with Crippen LogP contribution in [0.1, 0.15) is 0 Å². The highest BCUT2D eigenvalue weighted by atomic mass is 16.6. The van der Waals surface area contributed by atoms with Crippen LogP contribution in [-0.4, -0.2) is 29.6 Å². The highest BCUT2D eigenvalue weighted by Gasteiger charge is 1.88. The summed E-state index contributed by atoms with van der Waals surface area (Å²) in [6, 6.07) is 0. The molecule has 0 bridgehead atoms. The van der Waals surface area contributed by atoms with Crippen LogP contribution in [0.4, 0.5) is 0 Å². The molecule has 0 atom stereocenters. The van der Waals surface area contributed by atoms with Crippen LogP contribution in [0.25, 0.3) is 0 Å². The van der Waals surface area contributed by atoms with Gasteiger partial charge in [-0.15, -0.1) is 0 Å². The summed E-state index contributed by atoms with van der Waals surface area (Å²) in [6.07, 6.45) is 0. The van der Waals surface area contributed by atoms with E-state index >= 15 is 0 Å². The molecule has 10 nitrogen and oxygen atoms in total. The van der Waals surface area contributed by atoms with Crippen molar-refractivity contribution >= 4 is 17.9 Å². The van der Waals surface area contributed by atoms with Crippen LogP contribution >= 0.6 is 0 Å². The Morgan fingerprint density at radius 3 is 1.43 bits per heavy atom. The molecule has 0 heterocycles. The molecule has 0 fully saturated rings. The van der Waals surface area contributed by atoms with Crippen LogP contribution in [0.2, 0.25) is 0 Å². The standard InChI is InChI=1S/C2H5NO3.C2H2O4.2H3N/c3-6-1-2(4)5;3-1(4)2(5)6;;/h1,3H2,(H,4,5);(H,3,4)(H,5,6);2*1H3. The van der Waals surface area contributed by atoms with Gasteiger partial charge in [-0.05, 0) is 0 Å². The molecular weight excluding hydrogens is 202 g/mol. The first-order valence-corrected chi connectivity index (χ1v) is 2.37. The van der Waals surface area contributed by atoms with E-state index in [0.29, 0.717) is 0 Å². The Morgan fingerprint density at radius 2 is 1.43 bits per heavy atom. The summed E-state index contributed by atoms with van der Waals surface area (Å²) in [5.74, 6) is -1.08. The molecule has 0 aliphatic heterocycles. The van der Waals surface area contributed by atoms with Crippen molar-refractivity contribution in [3.8, 4) is 0 Å². The van der Waals surface area contributed by atoms with Gasteiger partial charge >= 0.3 is 5.97 Å². The van der Waals surface area contributed by atoms with Gasteiger partial charge in [-0.1, -0.05) is 0 Å². The first-order valence-electron chi connectivity index (χ1n) is 2.37. The quantitative estimate of drug-likeness (QED) is 0.263. The number of carboxylic acid groups (broad SMARTS) is 3. The molecule has 11 N–H and O–H groups in total. The van der Waals surface area contributed by atoms with Crippen LogP contribution in [0, 0.1) is 0 Å². The minimum absolute atomic E-state index is 0. The molecule has 0 aliphatic rings. The Kier molecular flexibility index (Phi) is 22.5. The average molecular weight is 215 g/mol. The van der Waals surface area contributed by atoms with Gasteiger partial charge in [0.25, 0.3) is 0 Å². The number of carbonyl (C=O) groups excluding carboxylic acids is 2. The van der Waals surface area contributed by atoms with Gasteiger partial charge in [0.2, 0.25) is 0 Å². The normalized spacial score (nSPS) is 6.64. The van der Waals surface area contributed by atoms with Gasteiger partial charge in [0.05, 0.1) is 11.9 Å². The van der Waals surface area contributed by atoms with Crippen molar-refractivity contribution in [2.75, 3.05) is 6.61 Å².